The summed E-state index contributed by atoms with van der Waals surface area (Å²) >= 11 is 0. The van der Waals surface area contributed by atoms with Gasteiger partial charge >= 0.3 is 11.9 Å². The number of Topliss-reactive ketones (excluding diaryl/α,β-unsaturated/α-hetero) is 1. The van der Waals surface area contributed by atoms with Gasteiger partial charge in [-0.2, -0.15) is 16.8 Å². The van der Waals surface area contributed by atoms with E-state index in [1.165, 1.54) is 12.2 Å². The zero-order valence-electron chi connectivity index (χ0n) is 24.7. The van der Waals surface area contributed by atoms with Crippen LogP contribution in [0.5, 0.6) is 0 Å². The number of ketones is 2. The Hall–Kier alpha value is -2.72. The highest BCUT2D eigenvalue weighted by Gasteiger charge is 2.74. The molecule has 3 saturated carbocycles. The second kappa shape index (κ2) is 10.7. The highest BCUT2D eigenvalue weighted by molar-refractivity contribution is 7.86. The SMILES string of the molecule is C=C1C[C@H]2[C@@H]3[C@@H](OS(C)(=O)=O)[C@@H](OS(C)(=O)=O)C4=CC(=O)C=C[C@]4(C)[C@H]3[C@@H](O)C[C@]2(C)[C@]1(OC(C)=O)C(=O)COC(C)=O. The molecule has 15 heteroatoms. The van der Waals surface area contributed by atoms with Crippen LogP contribution in [0.2, 0.25) is 0 Å². The average molecular weight is 645 g/mol. The number of aliphatic hydroxyl groups excluding tert-OH is 1. The summed E-state index contributed by atoms with van der Waals surface area (Å²) in [6, 6.07) is 0. The van der Waals surface area contributed by atoms with Gasteiger partial charge in [0.2, 0.25) is 5.78 Å². The first-order valence-electron chi connectivity index (χ1n) is 13.5. The summed E-state index contributed by atoms with van der Waals surface area (Å²) in [4.78, 5) is 50.4. The van der Waals surface area contributed by atoms with E-state index in [1.807, 2.05) is 0 Å². The van der Waals surface area contributed by atoms with E-state index in [4.69, 9.17) is 17.8 Å². The molecule has 238 valence electrons. The third kappa shape index (κ3) is 5.54. The Morgan fingerprint density at radius 2 is 1.65 bits per heavy atom. The lowest BCUT2D eigenvalue weighted by Gasteiger charge is -2.62. The van der Waals surface area contributed by atoms with Gasteiger partial charge in [-0.1, -0.05) is 26.5 Å². The maximum absolute atomic E-state index is 13.8. The molecule has 0 aromatic carbocycles. The highest BCUT2D eigenvalue weighted by Crippen LogP contribution is 2.69. The van der Waals surface area contributed by atoms with Crippen LogP contribution in [-0.2, 0) is 57.3 Å². The monoisotopic (exact) mass is 644 g/mol. The van der Waals surface area contributed by atoms with E-state index < -0.39 is 103 Å². The van der Waals surface area contributed by atoms with Crippen LogP contribution in [-0.4, -0.2) is 88.5 Å². The van der Waals surface area contributed by atoms with E-state index >= 15 is 0 Å². The van der Waals surface area contributed by atoms with Crippen molar-refractivity contribution in [1.82, 2.24) is 0 Å². The standard InChI is InChI=1S/C28H36O13S2/c1-14-10-18-22-23(20(32)12-27(18,5)28(14,39-16(3)30)21(33)13-38-15(2)29)26(4)9-8-17(31)11-19(26)24(40-42(6,34)35)25(22)41-43(7,36)37/h8-9,11,18,20,22-25,32H,1,10,12-13H2,2-7H3/t18-,20-,22-,23-,24-,25+,26-,27-,28+/m0/s1. The minimum atomic E-state index is -4.31. The molecule has 0 unspecified atom stereocenters. The zero-order chi connectivity index (χ0) is 32.5. The number of rotatable bonds is 8. The lowest BCUT2D eigenvalue weighted by Crippen LogP contribution is -2.68. The number of ether oxygens (including phenoxy) is 2. The molecule has 0 amide bonds. The molecule has 1 N–H and O–H groups in total. The van der Waals surface area contributed by atoms with Crippen molar-refractivity contribution in [2.45, 2.75) is 64.4 Å². The number of carbonyl (C=O) groups excluding carboxylic acids is 4. The van der Waals surface area contributed by atoms with Crippen LogP contribution in [0.3, 0.4) is 0 Å². The van der Waals surface area contributed by atoms with E-state index in [0.29, 0.717) is 0 Å². The average Bonchev–Trinajstić information content (AvgIpc) is 3.05. The summed E-state index contributed by atoms with van der Waals surface area (Å²) in [5.74, 6) is -5.67. The zero-order valence-corrected chi connectivity index (χ0v) is 26.3. The van der Waals surface area contributed by atoms with Crippen molar-refractivity contribution < 1.29 is 59.0 Å². The molecule has 0 aromatic rings. The fourth-order valence-corrected chi connectivity index (χ4v) is 9.32. The van der Waals surface area contributed by atoms with E-state index in [9.17, 15) is 41.1 Å². The largest absolute Gasteiger partial charge is 0.458 e. The lowest BCUT2D eigenvalue weighted by molar-refractivity contribution is -0.207. The summed E-state index contributed by atoms with van der Waals surface area (Å²) < 4.78 is 72.1. The molecule has 0 radical (unpaired) electrons. The molecule has 4 aliphatic carbocycles. The van der Waals surface area contributed by atoms with Crippen LogP contribution >= 0.6 is 0 Å². The molecule has 4 aliphatic rings. The van der Waals surface area contributed by atoms with Gasteiger partial charge in [0.25, 0.3) is 20.2 Å². The van der Waals surface area contributed by atoms with Crippen LogP contribution in [0.4, 0.5) is 0 Å². The third-order valence-electron chi connectivity index (χ3n) is 9.36. The topological polar surface area (TPSA) is 194 Å². The Morgan fingerprint density at radius 3 is 2.19 bits per heavy atom. The van der Waals surface area contributed by atoms with Crippen molar-refractivity contribution >= 4 is 43.7 Å². The summed E-state index contributed by atoms with van der Waals surface area (Å²) in [6.45, 7) is 8.72. The Kier molecular flexibility index (Phi) is 8.27. The summed E-state index contributed by atoms with van der Waals surface area (Å²) in [5.41, 5.74) is -4.55. The molecular weight excluding hydrogens is 608 g/mol. The summed E-state index contributed by atoms with van der Waals surface area (Å²) in [5, 5.41) is 11.9. The van der Waals surface area contributed by atoms with Crippen molar-refractivity contribution in [2.75, 3.05) is 19.1 Å². The van der Waals surface area contributed by atoms with E-state index in [2.05, 4.69) is 6.58 Å². The summed E-state index contributed by atoms with van der Waals surface area (Å²) in [6.07, 6.45) is 0.756. The van der Waals surface area contributed by atoms with Gasteiger partial charge in [-0.3, -0.25) is 27.5 Å². The second-order valence-corrected chi connectivity index (χ2v) is 15.5. The molecule has 0 aliphatic heterocycles. The van der Waals surface area contributed by atoms with Gasteiger partial charge in [0.15, 0.2) is 18.0 Å². The minimum Gasteiger partial charge on any atom is -0.458 e. The number of hydrogen-bond donors (Lipinski definition) is 1. The Bertz CT molecular complexity index is 1560. The Morgan fingerprint density at radius 1 is 1.05 bits per heavy atom. The first kappa shape index (κ1) is 33.2. The van der Waals surface area contributed by atoms with Crippen LogP contribution in [0.15, 0.2) is 36.0 Å². The second-order valence-electron chi connectivity index (χ2n) is 12.3. The van der Waals surface area contributed by atoms with Gasteiger partial charge < -0.3 is 14.6 Å². The molecule has 0 aromatic heterocycles. The van der Waals surface area contributed by atoms with Crippen LogP contribution in [0, 0.1) is 28.6 Å². The normalized spacial score (nSPS) is 38.8. The Balaban J connectivity index is 2.00. The molecule has 3 fully saturated rings. The predicted octanol–water partition coefficient (Wildman–Crippen LogP) is 0.775. The maximum Gasteiger partial charge on any atom is 0.303 e. The van der Waals surface area contributed by atoms with Crippen molar-refractivity contribution in [2.24, 2.45) is 28.6 Å². The van der Waals surface area contributed by atoms with E-state index in [-0.39, 0.29) is 24.0 Å². The molecule has 4 rings (SSSR count). The molecular formula is C28H36O13S2. The van der Waals surface area contributed by atoms with Crippen molar-refractivity contribution in [3.63, 3.8) is 0 Å². The number of hydrogen-bond acceptors (Lipinski definition) is 13. The minimum absolute atomic E-state index is 0.0313. The third-order valence-corrected chi connectivity index (χ3v) is 10.5. The number of esters is 2. The molecule has 0 saturated heterocycles. The van der Waals surface area contributed by atoms with Crippen LogP contribution in [0.1, 0.15) is 40.5 Å². The highest BCUT2D eigenvalue weighted by atomic mass is 32.2. The van der Waals surface area contributed by atoms with Crippen molar-refractivity contribution in [1.29, 1.82) is 0 Å². The number of fused-ring (bicyclic) bond motifs is 5. The van der Waals surface area contributed by atoms with Crippen molar-refractivity contribution in [3.8, 4) is 0 Å². The van der Waals surface area contributed by atoms with Gasteiger partial charge in [-0.15, -0.1) is 0 Å². The quantitative estimate of drug-likeness (QED) is 0.221. The molecule has 13 nitrogen and oxygen atoms in total. The lowest BCUT2D eigenvalue weighted by atomic mass is 9.45. The van der Waals surface area contributed by atoms with Crippen molar-refractivity contribution in [3.05, 3.63) is 36.0 Å². The fraction of sp³-hybridized carbons (Fsp3) is 0.643. The van der Waals surface area contributed by atoms with Gasteiger partial charge in [-0.25, -0.2) is 0 Å². The van der Waals surface area contributed by atoms with Gasteiger partial charge in [-0.05, 0) is 48.0 Å². The van der Waals surface area contributed by atoms with E-state index in [1.54, 1.807) is 13.8 Å². The smallest absolute Gasteiger partial charge is 0.303 e. The first-order valence-corrected chi connectivity index (χ1v) is 17.1. The Labute approximate surface area is 250 Å². The molecule has 0 heterocycles. The van der Waals surface area contributed by atoms with E-state index in [0.717, 1.165) is 32.4 Å². The van der Waals surface area contributed by atoms with Gasteiger partial charge in [0, 0.05) is 30.6 Å². The number of carbonyl (C=O) groups is 4. The maximum atomic E-state index is 13.8. The first-order chi connectivity index (χ1) is 19.6. The molecule has 9 atom stereocenters. The molecule has 0 spiro atoms. The van der Waals surface area contributed by atoms with Gasteiger partial charge in [0.05, 0.1) is 18.6 Å². The molecule has 0 bridgehead atoms. The predicted molar refractivity (Wildman–Crippen MR) is 149 cm³/mol. The molecule has 43 heavy (non-hydrogen) atoms. The van der Waals surface area contributed by atoms with Crippen LogP contribution in [0.25, 0.3) is 0 Å². The van der Waals surface area contributed by atoms with Gasteiger partial charge in [0.1, 0.15) is 12.2 Å². The summed E-state index contributed by atoms with van der Waals surface area (Å²) in [7, 11) is -8.59. The van der Waals surface area contributed by atoms with Crippen LogP contribution < -0.4 is 0 Å². The number of aliphatic hydroxyl groups is 1. The fourth-order valence-electron chi connectivity index (χ4n) is 8.09. The number of allylic oxidation sites excluding steroid dienone is 3.